The Labute approximate surface area is 130 Å². The van der Waals surface area contributed by atoms with Crippen LogP contribution in [0.4, 0.5) is 5.82 Å². The van der Waals surface area contributed by atoms with E-state index in [0.29, 0.717) is 34.4 Å². The number of nitrogens with two attached hydrogens (primary N) is 1. The molecule has 23 heavy (non-hydrogen) atoms. The summed E-state index contributed by atoms with van der Waals surface area (Å²) in [6, 6.07) is 12.3. The standard InChI is InChI=1S/C16H11N5O2/c17-14-8-12(11-4-1-3-10(7-11)9-22)18-16-19-15(20-21(14)16)13-5-2-6-23-13/h1-9H,17H2. The number of carbonyl (C=O) groups excluding carboxylic acids is 1. The Morgan fingerprint density at radius 2 is 2.04 bits per heavy atom. The number of aldehydes is 1. The van der Waals surface area contributed by atoms with Crippen LogP contribution in [0.25, 0.3) is 28.6 Å². The summed E-state index contributed by atoms with van der Waals surface area (Å²) in [5.41, 5.74) is 8.03. The van der Waals surface area contributed by atoms with Crippen LogP contribution in [0.3, 0.4) is 0 Å². The zero-order chi connectivity index (χ0) is 15.8. The van der Waals surface area contributed by atoms with Gasteiger partial charge in [0.15, 0.2) is 5.76 Å². The number of hydrogen-bond acceptors (Lipinski definition) is 6. The molecule has 0 spiro atoms. The third-order valence-corrected chi connectivity index (χ3v) is 3.40. The van der Waals surface area contributed by atoms with E-state index in [4.69, 9.17) is 10.2 Å². The topological polar surface area (TPSA) is 99.3 Å². The smallest absolute Gasteiger partial charge is 0.255 e. The third kappa shape index (κ3) is 2.24. The molecule has 0 radical (unpaired) electrons. The summed E-state index contributed by atoms with van der Waals surface area (Å²) in [4.78, 5) is 19.7. The van der Waals surface area contributed by atoms with E-state index in [1.807, 2.05) is 6.07 Å². The molecule has 0 aliphatic rings. The molecular weight excluding hydrogens is 294 g/mol. The minimum atomic E-state index is 0.364. The van der Waals surface area contributed by atoms with Crippen LogP contribution in [-0.4, -0.2) is 25.9 Å². The van der Waals surface area contributed by atoms with Crippen LogP contribution >= 0.6 is 0 Å². The molecule has 0 atom stereocenters. The van der Waals surface area contributed by atoms with Gasteiger partial charge in [-0.15, -0.1) is 5.10 Å². The van der Waals surface area contributed by atoms with Crippen LogP contribution in [-0.2, 0) is 0 Å². The Kier molecular flexibility index (Phi) is 2.90. The van der Waals surface area contributed by atoms with Gasteiger partial charge < -0.3 is 10.2 Å². The largest absolute Gasteiger partial charge is 0.461 e. The lowest BCUT2D eigenvalue weighted by molar-refractivity contribution is 0.112. The van der Waals surface area contributed by atoms with Crippen molar-refractivity contribution in [2.45, 2.75) is 0 Å². The second-order valence-corrected chi connectivity index (χ2v) is 4.93. The molecule has 0 fully saturated rings. The predicted octanol–water partition coefficient (Wildman–Crippen LogP) is 2.45. The quantitative estimate of drug-likeness (QED) is 0.584. The van der Waals surface area contributed by atoms with E-state index in [9.17, 15) is 4.79 Å². The highest BCUT2D eigenvalue weighted by Gasteiger charge is 2.13. The van der Waals surface area contributed by atoms with Crippen molar-refractivity contribution in [3.05, 3.63) is 54.3 Å². The third-order valence-electron chi connectivity index (χ3n) is 3.40. The fourth-order valence-electron chi connectivity index (χ4n) is 2.32. The molecule has 4 aromatic rings. The maximum atomic E-state index is 10.9. The van der Waals surface area contributed by atoms with E-state index in [2.05, 4.69) is 15.1 Å². The first-order chi connectivity index (χ1) is 11.2. The second kappa shape index (κ2) is 5.06. The minimum Gasteiger partial charge on any atom is -0.461 e. The lowest BCUT2D eigenvalue weighted by Crippen LogP contribution is -2.01. The fraction of sp³-hybridized carbons (Fsp3) is 0. The van der Waals surface area contributed by atoms with Gasteiger partial charge in [-0.3, -0.25) is 4.79 Å². The Hall–Kier alpha value is -3.48. The van der Waals surface area contributed by atoms with Gasteiger partial charge in [-0.1, -0.05) is 18.2 Å². The van der Waals surface area contributed by atoms with Crippen LogP contribution in [0.2, 0.25) is 0 Å². The number of carbonyl (C=O) groups is 1. The normalized spacial score (nSPS) is 11.0. The van der Waals surface area contributed by atoms with E-state index >= 15 is 0 Å². The first-order valence-electron chi connectivity index (χ1n) is 6.87. The molecule has 4 rings (SSSR count). The zero-order valence-electron chi connectivity index (χ0n) is 11.9. The monoisotopic (exact) mass is 305 g/mol. The summed E-state index contributed by atoms with van der Waals surface area (Å²) in [5.74, 6) is 1.71. The number of hydrogen-bond donors (Lipinski definition) is 1. The van der Waals surface area contributed by atoms with Crippen molar-refractivity contribution < 1.29 is 9.21 Å². The number of furan rings is 1. The molecule has 0 bridgehead atoms. The summed E-state index contributed by atoms with van der Waals surface area (Å²) in [7, 11) is 0. The lowest BCUT2D eigenvalue weighted by atomic mass is 10.1. The summed E-state index contributed by atoms with van der Waals surface area (Å²) >= 11 is 0. The number of rotatable bonds is 3. The Morgan fingerprint density at radius 1 is 1.13 bits per heavy atom. The van der Waals surface area contributed by atoms with Gasteiger partial charge in [-0.25, -0.2) is 4.98 Å². The van der Waals surface area contributed by atoms with Crippen molar-refractivity contribution in [2.24, 2.45) is 0 Å². The predicted molar refractivity (Wildman–Crippen MR) is 83.7 cm³/mol. The molecule has 7 nitrogen and oxygen atoms in total. The van der Waals surface area contributed by atoms with Crippen molar-refractivity contribution in [3.63, 3.8) is 0 Å². The molecule has 7 heteroatoms. The van der Waals surface area contributed by atoms with Crippen molar-refractivity contribution >= 4 is 17.9 Å². The van der Waals surface area contributed by atoms with Gasteiger partial charge in [0.25, 0.3) is 5.78 Å². The Balaban J connectivity index is 1.87. The number of anilines is 1. The molecule has 3 aromatic heterocycles. The number of aromatic nitrogens is 4. The van der Waals surface area contributed by atoms with E-state index in [-0.39, 0.29) is 0 Å². The van der Waals surface area contributed by atoms with Crippen LogP contribution in [0, 0.1) is 0 Å². The second-order valence-electron chi connectivity index (χ2n) is 4.93. The molecule has 112 valence electrons. The van der Waals surface area contributed by atoms with Crippen LogP contribution < -0.4 is 5.73 Å². The van der Waals surface area contributed by atoms with Crippen molar-refractivity contribution in [1.82, 2.24) is 19.6 Å². The maximum absolute atomic E-state index is 10.9. The van der Waals surface area contributed by atoms with Crippen molar-refractivity contribution in [3.8, 4) is 22.8 Å². The number of nitrogens with zero attached hydrogens (tertiary/aromatic N) is 4. The molecule has 0 aliphatic heterocycles. The summed E-state index contributed by atoms with van der Waals surface area (Å²) < 4.78 is 6.74. The Bertz CT molecular complexity index is 1000. The van der Waals surface area contributed by atoms with Gasteiger partial charge in [0.05, 0.1) is 12.0 Å². The Morgan fingerprint density at radius 3 is 2.83 bits per heavy atom. The van der Waals surface area contributed by atoms with Gasteiger partial charge in [-0.2, -0.15) is 9.50 Å². The SMILES string of the molecule is Nc1cc(-c2cccc(C=O)c2)nc2nc(-c3ccco3)nn12. The van der Waals surface area contributed by atoms with Gasteiger partial charge >= 0.3 is 0 Å². The summed E-state index contributed by atoms with van der Waals surface area (Å²) in [6.45, 7) is 0. The van der Waals surface area contributed by atoms with E-state index in [0.717, 1.165) is 11.8 Å². The maximum Gasteiger partial charge on any atom is 0.255 e. The zero-order valence-corrected chi connectivity index (χ0v) is 11.9. The van der Waals surface area contributed by atoms with Gasteiger partial charge in [0, 0.05) is 17.2 Å². The summed E-state index contributed by atoms with van der Waals surface area (Å²) in [6.07, 6.45) is 2.34. The molecule has 2 N–H and O–H groups in total. The highest BCUT2D eigenvalue weighted by Crippen LogP contribution is 2.23. The van der Waals surface area contributed by atoms with Crippen molar-refractivity contribution in [1.29, 1.82) is 0 Å². The van der Waals surface area contributed by atoms with Gasteiger partial charge in [-0.05, 0) is 18.2 Å². The lowest BCUT2D eigenvalue weighted by Gasteiger charge is -2.04. The molecule has 0 unspecified atom stereocenters. The number of nitrogen functional groups attached to an aromatic ring is 1. The van der Waals surface area contributed by atoms with E-state index in [1.165, 1.54) is 4.52 Å². The van der Waals surface area contributed by atoms with E-state index in [1.54, 1.807) is 42.7 Å². The molecule has 1 aromatic carbocycles. The van der Waals surface area contributed by atoms with Gasteiger partial charge in [0.1, 0.15) is 12.1 Å². The summed E-state index contributed by atoms with van der Waals surface area (Å²) in [5, 5.41) is 4.29. The van der Waals surface area contributed by atoms with Crippen LogP contribution in [0.15, 0.2) is 53.1 Å². The first kappa shape index (κ1) is 13.2. The van der Waals surface area contributed by atoms with Gasteiger partial charge in [0.2, 0.25) is 5.82 Å². The van der Waals surface area contributed by atoms with Crippen LogP contribution in [0.1, 0.15) is 10.4 Å². The molecule has 0 amide bonds. The molecular formula is C16H11N5O2. The molecule has 0 saturated carbocycles. The van der Waals surface area contributed by atoms with E-state index < -0.39 is 0 Å². The van der Waals surface area contributed by atoms with Crippen molar-refractivity contribution in [2.75, 3.05) is 5.73 Å². The average Bonchev–Trinajstić information content (AvgIpc) is 3.24. The fourth-order valence-corrected chi connectivity index (χ4v) is 2.32. The number of fused-ring (bicyclic) bond motifs is 1. The molecule has 3 heterocycles. The van der Waals surface area contributed by atoms with Crippen LogP contribution in [0.5, 0.6) is 0 Å². The first-order valence-corrected chi connectivity index (χ1v) is 6.87. The highest BCUT2D eigenvalue weighted by molar-refractivity contribution is 5.78. The molecule has 0 saturated heterocycles. The number of benzene rings is 1. The average molecular weight is 305 g/mol. The molecule has 0 aliphatic carbocycles. The highest BCUT2D eigenvalue weighted by atomic mass is 16.3. The minimum absolute atomic E-state index is 0.364.